The van der Waals surface area contributed by atoms with Crippen LogP contribution in [-0.4, -0.2) is 19.2 Å². The molecule has 0 aliphatic heterocycles. The maximum atomic E-state index is 9.39. The van der Waals surface area contributed by atoms with Gasteiger partial charge in [-0.15, -0.1) is 0 Å². The molecule has 0 radical (unpaired) electrons. The molecule has 0 heterocycles. The van der Waals surface area contributed by atoms with Crippen LogP contribution in [0, 0.1) is 17.2 Å². The minimum atomic E-state index is -0.517. The molecule has 0 saturated heterocycles. The van der Waals surface area contributed by atoms with E-state index in [-0.39, 0.29) is 0 Å². The zero-order valence-electron chi connectivity index (χ0n) is 11.1. The van der Waals surface area contributed by atoms with Gasteiger partial charge < -0.3 is 4.74 Å². The van der Waals surface area contributed by atoms with Crippen molar-refractivity contribution in [2.45, 2.75) is 31.7 Å². The zero-order chi connectivity index (χ0) is 13.0. The van der Waals surface area contributed by atoms with Crippen molar-refractivity contribution in [1.29, 1.82) is 5.26 Å². The highest BCUT2D eigenvalue weighted by Crippen LogP contribution is 2.29. The van der Waals surface area contributed by atoms with Gasteiger partial charge in [0.1, 0.15) is 11.3 Å². The van der Waals surface area contributed by atoms with Crippen molar-refractivity contribution in [2.24, 2.45) is 5.92 Å². The van der Waals surface area contributed by atoms with E-state index in [2.05, 4.69) is 11.4 Å². The monoisotopic (exact) mass is 244 g/mol. The van der Waals surface area contributed by atoms with Crippen LogP contribution in [-0.2, 0) is 6.42 Å². The summed E-state index contributed by atoms with van der Waals surface area (Å²) in [6, 6.07) is 10.3. The molecule has 1 saturated carbocycles. The molecule has 1 fully saturated rings. The Morgan fingerprint density at radius 2 is 2.17 bits per heavy atom. The molecule has 0 amide bonds. The Kier molecular flexibility index (Phi) is 3.88. The number of nitriles is 1. The fourth-order valence-corrected chi connectivity index (χ4v) is 2.06. The van der Waals surface area contributed by atoms with E-state index in [4.69, 9.17) is 4.74 Å². The average Bonchev–Trinajstić information content (AvgIpc) is 3.21. The van der Waals surface area contributed by atoms with Gasteiger partial charge in [0.15, 0.2) is 0 Å². The van der Waals surface area contributed by atoms with Crippen molar-refractivity contribution >= 4 is 0 Å². The summed E-state index contributed by atoms with van der Waals surface area (Å²) in [6.07, 6.45) is 3.26. The molecule has 1 aromatic carbocycles. The molecule has 1 N–H and O–H groups in total. The molecular weight excluding hydrogens is 224 g/mol. The number of hydrogen-bond acceptors (Lipinski definition) is 3. The van der Waals surface area contributed by atoms with Gasteiger partial charge >= 0.3 is 0 Å². The highest BCUT2D eigenvalue weighted by Gasteiger charge is 2.29. The molecule has 0 spiro atoms. The summed E-state index contributed by atoms with van der Waals surface area (Å²) >= 11 is 0. The van der Waals surface area contributed by atoms with E-state index in [1.54, 1.807) is 7.11 Å². The first-order valence-electron chi connectivity index (χ1n) is 6.45. The van der Waals surface area contributed by atoms with Crippen molar-refractivity contribution in [3.05, 3.63) is 29.8 Å². The van der Waals surface area contributed by atoms with Crippen molar-refractivity contribution in [3.8, 4) is 11.8 Å². The molecule has 1 aromatic rings. The Morgan fingerprint density at radius 1 is 1.44 bits per heavy atom. The van der Waals surface area contributed by atoms with Crippen LogP contribution in [0.25, 0.3) is 0 Å². The predicted molar refractivity (Wildman–Crippen MR) is 71.4 cm³/mol. The SMILES string of the molecule is COc1ccccc1CC(C)(C#N)NCC1CC1. The van der Waals surface area contributed by atoms with Crippen molar-refractivity contribution in [2.75, 3.05) is 13.7 Å². The maximum absolute atomic E-state index is 9.39. The second kappa shape index (κ2) is 5.41. The smallest absolute Gasteiger partial charge is 0.122 e. The lowest BCUT2D eigenvalue weighted by molar-refractivity contribution is 0.393. The lowest BCUT2D eigenvalue weighted by atomic mass is 9.93. The van der Waals surface area contributed by atoms with Crippen LogP contribution in [0.3, 0.4) is 0 Å². The molecule has 1 aliphatic rings. The first kappa shape index (κ1) is 12.9. The molecule has 0 bridgehead atoms. The van der Waals surface area contributed by atoms with E-state index in [1.165, 1.54) is 12.8 Å². The van der Waals surface area contributed by atoms with Crippen LogP contribution >= 0.6 is 0 Å². The summed E-state index contributed by atoms with van der Waals surface area (Å²) in [5, 5.41) is 12.8. The fourth-order valence-electron chi connectivity index (χ4n) is 2.06. The summed E-state index contributed by atoms with van der Waals surface area (Å²) in [4.78, 5) is 0. The van der Waals surface area contributed by atoms with Crippen molar-refractivity contribution < 1.29 is 4.74 Å². The molecule has 2 rings (SSSR count). The normalized spacial score (nSPS) is 17.8. The van der Waals surface area contributed by atoms with Gasteiger partial charge in [-0.1, -0.05) is 18.2 Å². The Morgan fingerprint density at radius 3 is 2.78 bits per heavy atom. The van der Waals surface area contributed by atoms with Gasteiger partial charge in [-0.25, -0.2) is 0 Å². The predicted octanol–water partition coefficient (Wildman–Crippen LogP) is 2.52. The number of benzene rings is 1. The molecule has 3 nitrogen and oxygen atoms in total. The minimum Gasteiger partial charge on any atom is -0.496 e. The second-order valence-electron chi connectivity index (χ2n) is 5.26. The molecule has 1 unspecified atom stereocenters. The van der Waals surface area contributed by atoms with E-state index in [0.717, 1.165) is 23.8 Å². The van der Waals surface area contributed by atoms with E-state index in [0.29, 0.717) is 6.42 Å². The first-order chi connectivity index (χ1) is 8.67. The molecule has 3 heteroatoms. The minimum absolute atomic E-state index is 0.517. The van der Waals surface area contributed by atoms with Crippen LogP contribution in [0.2, 0.25) is 0 Å². The topological polar surface area (TPSA) is 45.0 Å². The number of hydrogen-bond donors (Lipinski definition) is 1. The Labute approximate surface area is 109 Å². The third-order valence-electron chi connectivity index (χ3n) is 3.46. The summed E-state index contributed by atoms with van der Waals surface area (Å²) in [5.74, 6) is 1.63. The highest BCUT2D eigenvalue weighted by molar-refractivity contribution is 5.35. The molecule has 96 valence electrons. The van der Waals surface area contributed by atoms with Crippen LogP contribution in [0.4, 0.5) is 0 Å². The Bertz CT molecular complexity index is 448. The van der Waals surface area contributed by atoms with Crippen molar-refractivity contribution in [1.82, 2.24) is 5.32 Å². The first-order valence-corrected chi connectivity index (χ1v) is 6.45. The summed E-state index contributed by atoms with van der Waals surface area (Å²) in [7, 11) is 1.67. The highest BCUT2D eigenvalue weighted by atomic mass is 16.5. The maximum Gasteiger partial charge on any atom is 0.122 e. The summed E-state index contributed by atoms with van der Waals surface area (Å²) in [6.45, 7) is 2.90. The Balaban J connectivity index is 2.05. The van der Waals surface area contributed by atoms with E-state index < -0.39 is 5.54 Å². The van der Waals surface area contributed by atoms with Crippen LogP contribution in [0.5, 0.6) is 5.75 Å². The summed E-state index contributed by atoms with van der Waals surface area (Å²) in [5.41, 5.74) is 0.560. The molecule has 0 aromatic heterocycles. The molecular formula is C15H20N2O. The third-order valence-corrected chi connectivity index (χ3v) is 3.46. The fraction of sp³-hybridized carbons (Fsp3) is 0.533. The number of methoxy groups -OCH3 is 1. The van der Waals surface area contributed by atoms with Gasteiger partial charge in [-0.2, -0.15) is 5.26 Å². The number of rotatable bonds is 6. The van der Waals surface area contributed by atoms with E-state index in [1.807, 2.05) is 31.2 Å². The molecule has 1 aliphatic carbocycles. The van der Waals surface area contributed by atoms with Gasteiger partial charge in [-0.3, -0.25) is 5.32 Å². The Hall–Kier alpha value is -1.53. The second-order valence-corrected chi connectivity index (χ2v) is 5.26. The third kappa shape index (κ3) is 3.24. The van der Waals surface area contributed by atoms with Crippen molar-refractivity contribution in [3.63, 3.8) is 0 Å². The molecule has 18 heavy (non-hydrogen) atoms. The summed E-state index contributed by atoms with van der Waals surface area (Å²) < 4.78 is 5.34. The number of nitrogens with one attached hydrogen (secondary N) is 1. The average molecular weight is 244 g/mol. The lowest BCUT2D eigenvalue weighted by Gasteiger charge is -2.24. The van der Waals surface area contributed by atoms with Gasteiger partial charge in [-0.05, 0) is 43.9 Å². The largest absolute Gasteiger partial charge is 0.496 e. The van der Waals surface area contributed by atoms with Crippen LogP contribution < -0.4 is 10.1 Å². The number of nitrogens with zero attached hydrogens (tertiary/aromatic N) is 1. The van der Waals surface area contributed by atoms with E-state index >= 15 is 0 Å². The van der Waals surface area contributed by atoms with Gasteiger partial charge in [0, 0.05) is 6.42 Å². The van der Waals surface area contributed by atoms with Crippen LogP contribution in [0.1, 0.15) is 25.3 Å². The van der Waals surface area contributed by atoms with Gasteiger partial charge in [0.05, 0.1) is 13.2 Å². The number of ether oxygens (including phenoxy) is 1. The quantitative estimate of drug-likeness (QED) is 0.836. The van der Waals surface area contributed by atoms with Gasteiger partial charge in [0.25, 0.3) is 0 Å². The standard InChI is InChI=1S/C15H20N2O/c1-15(11-16,17-10-12-7-8-12)9-13-5-3-4-6-14(13)18-2/h3-6,12,17H,7-10H2,1-2H3. The lowest BCUT2D eigenvalue weighted by Crippen LogP contribution is -2.44. The molecule has 1 atom stereocenters. The van der Waals surface area contributed by atoms with E-state index in [9.17, 15) is 5.26 Å². The van der Waals surface area contributed by atoms with Crippen LogP contribution in [0.15, 0.2) is 24.3 Å². The van der Waals surface area contributed by atoms with Gasteiger partial charge in [0.2, 0.25) is 0 Å². The number of para-hydroxylation sites is 1. The zero-order valence-corrected chi connectivity index (χ0v) is 11.1.